The Balaban J connectivity index is 1.30. The highest BCUT2D eigenvalue weighted by molar-refractivity contribution is 7.19. The third-order valence-corrected chi connectivity index (χ3v) is 5.91. The smallest absolute Gasteiger partial charge is 0.308 e. The minimum absolute atomic E-state index is 0.0275. The third kappa shape index (κ3) is 4.68. The molecule has 0 atom stereocenters. The van der Waals surface area contributed by atoms with Gasteiger partial charge >= 0.3 is 5.97 Å². The summed E-state index contributed by atoms with van der Waals surface area (Å²) in [6.45, 7) is 0. The van der Waals surface area contributed by atoms with Crippen molar-refractivity contribution >= 4 is 39.7 Å². The number of hydrogen-bond donors (Lipinski definition) is 0. The number of benzene rings is 1. The Kier molecular flexibility index (Phi) is 6.09. The average molecular weight is 423 g/mol. The van der Waals surface area contributed by atoms with E-state index in [2.05, 4.69) is 9.97 Å². The molecule has 7 heteroatoms. The molecular formula is C23H22N2O4S. The molecule has 0 aliphatic heterocycles. The van der Waals surface area contributed by atoms with Crippen LogP contribution in [-0.4, -0.2) is 36.3 Å². The Morgan fingerprint density at radius 2 is 1.97 bits per heavy atom. The van der Waals surface area contributed by atoms with Gasteiger partial charge in [0.25, 0.3) is 0 Å². The highest BCUT2D eigenvalue weighted by Gasteiger charge is 2.37. The molecule has 154 valence electrons. The van der Waals surface area contributed by atoms with Crippen molar-refractivity contribution in [1.29, 1.82) is 0 Å². The number of esters is 1. The van der Waals surface area contributed by atoms with E-state index in [1.54, 1.807) is 24.6 Å². The van der Waals surface area contributed by atoms with Crippen molar-refractivity contribution in [2.24, 2.45) is 5.92 Å². The first-order chi connectivity index (χ1) is 14.6. The molecule has 1 aromatic carbocycles. The number of rotatable bonds is 7. The molecule has 6 nitrogen and oxygen atoms in total. The number of aromatic nitrogens is 2. The zero-order chi connectivity index (χ0) is 20.9. The van der Waals surface area contributed by atoms with Crippen LogP contribution < -0.4 is 9.47 Å². The minimum Gasteiger partial charge on any atom is -0.497 e. The standard InChI is InChI=1S/C23H22N2O4S/c1-27-17-8-9-19-20(13-17)30-22(25-19)6-4-3-5-15-7-10-21(24-14-15)29-18-11-16(12-18)23(26)28-2/h3-10,13-14,16,18H,11-12H2,1-2H3/b5-3+,6-4+/t16-,18-. The van der Waals surface area contributed by atoms with Gasteiger partial charge in [-0.15, -0.1) is 11.3 Å². The van der Waals surface area contributed by atoms with Gasteiger partial charge in [0.15, 0.2) is 0 Å². The van der Waals surface area contributed by atoms with Crippen molar-refractivity contribution in [2.45, 2.75) is 18.9 Å². The molecule has 1 saturated carbocycles. The summed E-state index contributed by atoms with van der Waals surface area (Å²) in [5.41, 5.74) is 1.94. The fourth-order valence-corrected chi connectivity index (χ4v) is 4.09. The van der Waals surface area contributed by atoms with Crippen LogP contribution in [0.3, 0.4) is 0 Å². The van der Waals surface area contributed by atoms with Gasteiger partial charge in [-0.3, -0.25) is 4.79 Å². The van der Waals surface area contributed by atoms with Crippen LogP contribution in [-0.2, 0) is 9.53 Å². The zero-order valence-corrected chi connectivity index (χ0v) is 17.6. The number of thiazole rings is 1. The molecule has 0 saturated heterocycles. The van der Waals surface area contributed by atoms with Gasteiger partial charge in [0.2, 0.25) is 5.88 Å². The van der Waals surface area contributed by atoms with Crippen molar-refractivity contribution in [3.63, 3.8) is 0 Å². The van der Waals surface area contributed by atoms with Crippen molar-refractivity contribution in [3.05, 3.63) is 59.3 Å². The summed E-state index contributed by atoms with van der Waals surface area (Å²) < 4.78 is 16.9. The van der Waals surface area contributed by atoms with Crippen LogP contribution in [0.2, 0.25) is 0 Å². The van der Waals surface area contributed by atoms with Gasteiger partial charge < -0.3 is 14.2 Å². The van der Waals surface area contributed by atoms with E-state index in [1.165, 1.54) is 7.11 Å². The number of methoxy groups -OCH3 is 2. The van der Waals surface area contributed by atoms with E-state index in [0.717, 1.165) is 26.5 Å². The van der Waals surface area contributed by atoms with E-state index in [0.29, 0.717) is 18.7 Å². The number of fused-ring (bicyclic) bond motifs is 1. The molecule has 0 radical (unpaired) electrons. The summed E-state index contributed by atoms with van der Waals surface area (Å²) in [5.74, 6) is 1.19. The monoisotopic (exact) mass is 422 g/mol. The van der Waals surface area contributed by atoms with E-state index in [1.807, 2.05) is 54.6 Å². The Morgan fingerprint density at radius 3 is 2.70 bits per heavy atom. The fourth-order valence-electron chi connectivity index (χ4n) is 3.18. The van der Waals surface area contributed by atoms with Crippen LogP contribution in [0.5, 0.6) is 11.6 Å². The second-order valence-corrected chi connectivity index (χ2v) is 8.03. The highest BCUT2D eigenvalue weighted by atomic mass is 32.1. The molecule has 1 aliphatic rings. The van der Waals surface area contributed by atoms with Gasteiger partial charge in [-0.05, 0) is 48.7 Å². The molecule has 1 fully saturated rings. The van der Waals surface area contributed by atoms with Gasteiger partial charge in [0, 0.05) is 12.3 Å². The summed E-state index contributed by atoms with van der Waals surface area (Å²) in [4.78, 5) is 20.3. The van der Waals surface area contributed by atoms with E-state index < -0.39 is 0 Å². The molecule has 0 unspecified atom stereocenters. The maximum absolute atomic E-state index is 11.4. The highest BCUT2D eigenvalue weighted by Crippen LogP contribution is 2.31. The van der Waals surface area contributed by atoms with E-state index in [-0.39, 0.29) is 18.0 Å². The number of allylic oxidation sites excluding steroid dienone is 2. The topological polar surface area (TPSA) is 70.5 Å². The van der Waals surface area contributed by atoms with Crippen LogP contribution >= 0.6 is 11.3 Å². The number of hydrogen-bond acceptors (Lipinski definition) is 7. The summed E-state index contributed by atoms with van der Waals surface area (Å²) in [6, 6.07) is 9.67. The predicted molar refractivity (Wildman–Crippen MR) is 118 cm³/mol. The van der Waals surface area contributed by atoms with Crippen LogP contribution in [0, 0.1) is 5.92 Å². The molecule has 0 amide bonds. The largest absolute Gasteiger partial charge is 0.497 e. The third-order valence-electron chi connectivity index (χ3n) is 4.93. The molecule has 0 spiro atoms. The molecule has 1 aliphatic carbocycles. The van der Waals surface area contributed by atoms with Crippen molar-refractivity contribution < 1.29 is 19.0 Å². The number of nitrogens with zero attached hydrogens (tertiary/aromatic N) is 2. The first kappa shape index (κ1) is 20.1. The van der Waals surface area contributed by atoms with Crippen molar-refractivity contribution in [3.8, 4) is 11.6 Å². The first-order valence-corrected chi connectivity index (χ1v) is 10.5. The van der Waals surface area contributed by atoms with Crippen LogP contribution in [0.4, 0.5) is 0 Å². The lowest BCUT2D eigenvalue weighted by Gasteiger charge is -2.32. The maximum Gasteiger partial charge on any atom is 0.308 e. The van der Waals surface area contributed by atoms with Gasteiger partial charge in [-0.1, -0.05) is 18.2 Å². The SMILES string of the molecule is COc1ccc2nc(/C=C/C=C/c3ccc(O[C@H]4C[C@H](C(=O)OC)C4)nc3)sc2c1. The molecule has 2 heterocycles. The maximum atomic E-state index is 11.4. The lowest BCUT2D eigenvalue weighted by Crippen LogP contribution is -2.38. The first-order valence-electron chi connectivity index (χ1n) is 9.64. The van der Waals surface area contributed by atoms with Gasteiger partial charge in [0.05, 0.1) is 30.4 Å². The number of ether oxygens (including phenoxy) is 3. The Hall–Kier alpha value is -3.19. The molecule has 0 N–H and O–H groups in total. The van der Waals surface area contributed by atoms with Gasteiger partial charge in [0.1, 0.15) is 16.9 Å². The second-order valence-electron chi connectivity index (χ2n) is 6.97. The summed E-state index contributed by atoms with van der Waals surface area (Å²) in [5, 5.41) is 0.940. The quantitative estimate of drug-likeness (QED) is 0.404. The number of carbonyl (C=O) groups is 1. The second kappa shape index (κ2) is 9.09. The summed E-state index contributed by atoms with van der Waals surface area (Å²) in [7, 11) is 3.07. The van der Waals surface area contributed by atoms with Crippen LogP contribution in [0.25, 0.3) is 22.4 Å². The number of carbonyl (C=O) groups excluding carboxylic acids is 1. The molecule has 2 aromatic heterocycles. The molecule has 30 heavy (non-hydrogen) atoms. The summed E-state index contributed by atoms with van der Waals surface area (Å²) >= 11 is 1.62. The summed E-state index contributed by atoms with van der Waals surface area (Å²) in [6.07, 6.45) is 11.0. The van der Waals surface area contributed by atoms with Crippen LogP contribution in [0.1, 0.15) is 23.4 Å². The van der Waals surface area contributed by atoms with E-state index in [9.17, 15) is 4.79 Å². The van der Waals surface area contributed by atoms with Crippen molar-refractivity contribution in [2.75, 3.05) is 14.2 Å². The number of pyridine rings is 1. The Bertz CT molecular complexity index is 1080. The lowest BCUT2D eigenvalue weighted by atomic mass is 9.82. The van der Waals surface area contributed by atoms with E-state index >= 15 is 0 Å². The van der Waals surface area contributed by atoms with Crippen LogP contribution in [0.15, 0.2) is 48.7 Å². The fraction of sp³-hybridized carbons (Fsp3) is 0.261. The molecule has 4 rings (SSSR count). The molecule has 0 bridgehead atoms. The van der Waals surface area contributed by atoms with E-state index in [4.69, 9.17) is 14.2 Å². The predicted octanol–water partition coefficient (Wildman–Crippen LogP) is 4.76. The normalized spacial score (nSPS) is 18.6. The van der Waals surface area contributed by atoms with Crippen molar-refractivity contribution in [1.82, 2.24) is 9.97 Å². The minimum atomic E-state index is -0.165. The Morgan fingerprint density at radius 1 is 1.13 bits per heavy atom. The lowest BCUT2D eigenvalue weighted by molar-refractivity contribution is -0.151. The molecule has 3 aromatic rings. The Labute approximate surface area is 178 Å². The average Bonchev–Trinajstić information content (AvgIpc) is 3.15. The molecular weight excluding hydrogens is 400 g/mol. The van der Waals surface area contributed by atoms with Gasteiger partial charge in [-0.25, -0.2) is 9.97 Å². The van der Waals surface area contributed by atoms with Gasteiger partial charge in [-0.2, -0.15) is 0 Å². The zero-order valence-electron chi connectivity index (χ0n) is 16.8.